The fraction of sp³-hybridized carbons (Fsp3) is 0.783. The van der Waals surface area contributed by atoms with Gasteiger partial charge in [0.1, 0.15) is 30.2 Å². The number of nitrogen functional groups attached to an aromatic ring is 1. The number of rotatable bonds is 11. The number of phosphoric ester groups is 1. The van der Waals surface area contributed by atoms with Crippen LogP contribution in [0.1, 0.15) is 47.8 Å². The van der Waals surface area contributed by atoms with E-state index in [1.807, 2.05) is 0 Å². The molecule has 1 aliphatic rings. The molecule has 0 saturated carbocycles. The first-order valence-corrected chi connectivity index (χ1v) is 14.6. The van der Waals surface area contributed by atoms with E-state index >= 15 is 0 Å². The van der Waals surface area contributed by atoms with Gasteiger partial charge in [0, 0.05) is 7.11 Å². The van der Waals surface area contributed by atoms with Crippen molar-refractivity contribution < 1.29 is 43.3 Å². The minimum atomic E-state index is -5.19. The second-order valence-corrected chi connectivity index (χ2v) is 9.86. The Morgan fingerprint density at radius 1 is 1.03 bits per heavy atom. The molecule has 1 aliphatic heterocycles. The van der Waals surface area contributed by atoms with Crippen molar-refractivity contribution in [1.29, 1.82) is 0 Å². The molecule has 0 spiro atoms. The summed E-state index contributed by atoms with van der Waals surface area (Å²) in [6.45, 7) is 20.3. The Morgan fingerprint density at radius 3 is 1.97 bits per heavy atom. The summed E-state index contributed by atoms with van der Waals surface area (Å²) in [6, 6.07) is 0. The first-order valence-electron chi connectivity index (χ1n) is 13.1. The molecule has 3 heterocycles. The molecule has 1 fully saturated rings. The number of ether oxygens (including phenoxy) is 2. The smallest absolute Gasteiger partial charge is 0.167 e. The number of hydrogen-bond donors (Lipinski definition) is 4. The zero-order valence-electron chi connectivity index (χ0n) is 23.6. The minimum absolute atomic E-state index is 0.171. The number of quaternary nitrogens is 2. The van der Waals surface area contributed by atoms with E-state index < -0.39 is 39.0 Å². The van der Waals surface area contributed by atoms with Gasteiger partial charge in [-0.3, -0.25) is 4.57 Å². The summed E-state index contributed by atoms with van der Waals surface area (Å²) in [5.41, 5.74) is 6.41. The van der Waals surface area contributed by atoms with E-state index in [2.05, 4.69) is 61.0 Å². The highest BCUT2D eigenvalue weighted by Crippen LogP contribution is 2.35. The highest BCUT2D eigenvalue weighted by Gasteiger charge is 2.45. The maximum absolute atomic E-state index is 10.6. The third kappa shape index (κ3) is 10.1. The van der Waals surface area contributed by atoms with Crippen molar-refractivity contribution in [2.45, 2.75) is 66.1 Å². The number of aromatic nitrogens is 4. The molecule has 0 radical (unpaired) electrons. The maximum Gasteiger partial charge on any atom is 0.167 e. The number of nitrogens with zero attached hydrogens (tertiary/aromatic N) is 4. The van der Waals surface area contributed by atoms with Crippen molar-refractivity contribution in [1.82, 2.24) is 19.5 Å². The number of hydrogen-bond acceptors (Lipinski definition) is 11. The molecule has 14 nitrogen and oxygen atoms in total. The maximum atomic E-state index is 10.6. The quantitative estimate of drug-likeness (QED) is 0.210. The topological polar surface area (TPSA) is 190 Å². The number of methoxy groups -OCH3 is 1. The number of nitrogens with one attached hydrogen (secondary N) is 2. The highest BCUT2D eigenvalue weighted by molar-refractivity contribution is 7.43. The molecule has 4 atom stereocenters. The molecule has 15 heteroatoms. The first-order chi connectivity index (χ1) is 18.0. The minimum Gasteiger partial charge on any atom is -0.790 e. The van der Waals surface area contributed by atoms with Crippen molar-refractivity contribution in [3.63, 3.8) is 0 Å². The van der Waals surface area contributed by atoms with E-state index in [0.717, 1.165) is 0 Å². The summed E-state index contributed by atoms with van der Waals surface area (Å²) in [5, 5.41) is 10.2. The fourth-order valence-corrected chi connectivity index (χ4v) is 4.39. The summed E-state index contributed by atoms with van der Waals surface area (Å²) in [7, 11) is -3.84. The molecule has 38 heavy (non-hydrogen) atoms. The first kappa shape index (κ1) is 34.3. The van der Waals surface area contributed by atoms with Gasteiger partial charge in [-0.25, -0.2) is 15.0 Å². The van der Waals surface area contributed by atoms with Gasteiger partial charge < -0.3 is 49.0 Å². The van der Waals surface area contributed by atoms with Crippen molar-refractivity contribution in [2.24, 2.45) is 0 Å². The van der Waals surface area contributed by atoms with Crippen molar-refractivity contribution >= 4 is 24.8 Å². The fourth-order valence-electron chi connectivity index (χ4n) is 4.06. The van der Waals surface area contributed by atoms with Crippen LogP contribution in [-0.4, -0.2) is 95.9 Å². The van der Waals surface area contributed by atoms with Crippen LogP contribution in [0.4, 0.5) is 5.82 Å². The van der Waals surface area contributed by atoms with Gasteiger partial charge in [0.05, 0.1) is 60.0 Å². The molecule has 0 aromatic carbocycles. The normalized spacial score (nSPS) is 21.4. The second-order valence-electron chi connectivity index (χ2n) is 8.70. The van der Waals surface area contributed by atoms with Crippen molar-refractivity contribution in [3.8, 4) is 0 Å². The Morgan fingerprint density at radius 2 is 1.55 bits per heavy atom. The Hall–Kier alpha value is -1.74. The predicted octanol–water partition coefficient (Wildman–Crippen LogP) is -2.61. The molecular weight excluding hydrogens is 517 g/mol. The van der Waals surface area contributed by atoms with E-state index in [4.69, 9.17) is 15.2 Å². The monoisotopic (exact) mass is 563 g/mol. The average molecular weight is 564 g/mol. The number of nitrogens with two attached hydrogens (primary N) is 1. The lowest BCUT2D eigenvalue weighted by Crippen LogP contribution is -3.11. The van der Waals surface area contributed by atoms with Crippen LogP contribution in [0, 0.1) is 0 Å². The van der Waals surface area contributed by atoms with Crippen LogP contribution < -0.4 is 25.3 Å². The van der Waals surface area contributed by atoms with Gasteiger partial charge in [0.25, 0.3) is 0 Å². The molecule has 220 valence electrons. The lowest BCUT2D eigenvalue weighted by molar-refractivity contribution is -0.894. The molecule has 1 saturated heterocycles. The third-order valence-electron chi connectivity index (χ3n) is 6.64. The molecule has 2 aromatic heterocycles. The summed E-state index contributed by atoms with van der Waals surface area (Å²) in [5.74, 6) is 0.171. The van der Waals surface area contributed by atoms with Crippen molar-refractivity contribution in [2.75, 3.05) is 58.7 Å². The summed E-state index contributed by atoms with van der Waals surface area (Å²) < 4.78 is 27.1. The van der Waals surface area contributed by atoms with E-state index in [1.54, 1.807) is 9.80 Å². The Balaban J connectivity index is 0.000000426. The summed E-state index contributed by atoms with van der Waals surface area (Å²) >= 11 is 0. The molecule has 5 N–H and O–H groups in total. The molecular formula is C23H46N7O7P. The van der Waals surface area contributed by atoms with Gasteiger partial charge >= 0.3 is 0 Å². The zero-order chi connectivity index (χ0) is 28.9. The molecule has 0 aliphatic carbocycles. The SMILES string of the molecule is CC[NH+](CC)CC.CC[NH+](CC)CC.CO[C@@H]1[C@H](O)[C@@H](COP(=O)([O-])[O-])O[C@H]1n1cnc2c(N)ncnc21. The van der Waals surface area contributed by atoms with E-state index in [9.17, 15) is 19.5 Å². The van der Waals surface area contributed by atoms with Gasteiger partial charge in [-0.05, 0) is 41.5 Å². The van der Waals surface area contributed by atoms with Crippen LogP contribution in [-0.2, 0) is 18.6 Å². The van der Waals surface area contributed by atoms with Crippen molar-refractivity contribution in [3.05, 3.63) is 12.7 Å². The molecule has 2 aromatic rings. The van der Waals surface area contributed by atoms with Crippen LogP contribution in [0.25, 0.3) is 11.2 Å². The number of fused-ring (bicyclic) bond motifs is 1. The number of imidazole rings is 1. The largest absolute Gasteiger partial charge is 0.790 e. The standard InChI is InChI=1S/C11H16N5O7P.2C6H15N/c1-21-8-7(17)5(2-22-24(18,19)20)23-11(8)16-4-15-6-9(12)13-3-14-10(6)16;2*1-4-7(5-2)6-3/h3-5,7-8,11,17H,2H2,1H3,(H2,12,13,14)(H2,18,19,20);2*4-6H2,1-3H3/t5-,7-,8-,11-;;/m1../s1. The molecule has 0 amide bonds. The van der Waals surface area contributed by atoms with Gasteiger partial charge in [0.15, 0.2) is 17.7 Å². The number of aliphatic hydroxyl groups is 1. The molecule has 0 unspecified atom stereocenters. The number of phosphoric acid groups is 1. The number of aliphatic hydroxyl groups excluding tert-OH is 1. The summed E-state index contributed by atoms with van der Waals surface area (Å²) in [6.07, 6.45) is -1.44. The van der Waals surface area contributed by atoms with Gasteiger partial charge in [0.2, 0.25) is 0 Å². The van der Waals surface area contributed by atoms with Gasteiger partial charge in [-0.15, -0.1) is 0 Å². The van der Waals surface area contributed by atoms with E-state index in [0.29, 0.717) is 11.2 Å². The Kier molecular flexibility index (Phi) is 15.4. The van der Waals surface area contributed by atoms with Crippen LogP contribution in [0.5, 0.6) is 0 Å². The van der Waals surface area contributed by atoms with Crippen LogP contribution in [0.2, 0.25) is 0 Å². The lowest BCUT2D eigenvalue weighted by Gasteiger charge is -2.30. The molecule has 3 rings (SSSR count). The van der Waals surface area contributed by atoms with E-state index in [1.165, 1.54) is 63.6 Å². The van der Waals surface area contributed by atoms with Gasteiger partial charge in [-0.2, -0.15) is 0 Å². The Labute approximate surface area is 225 Å². The summed E-state index contributed by atoms with van der Waals surface area (Å²) in [4.78, 5) is 36.5. The Bertz CT molecular complexity index is 946. The second kappa shape index (κ2) is 17.1. The van der Waals surface area contributed by atoms with Gasteiger partial charge in [-0.1, -0.05) is 0 Å². The lowest BCUT2D eigenvalue weighted by atomic mass is 10.1. The average Bonchev–Trinajstić information content (AvgIpc) is 3.46. The van der Waals surface area contributed by atoms with Crippen LogP contribution in [0.3, 0.4) is 0 Å². The zero-order valence-corrected chi connectivity index (χ0v) is 24.5. The van der Waals surface area contributed by atoms with E-state index in [-0.39, 0.29) is 5.82 Å². The molecule has 0 bridgehead atoms. The highest BCUT2D eigenvalue weighted by atomic mass is 31.2. The number of anilines is 1. The third-order valence-corrected chi connectivity index (χ3v) is 7.11. The van der Waals surface area contributed by atoms with Crippen LogP contribution in [0.15, 0.2) is 12.7 Å². The predicted molar refractivity (Wildman–Crippen MR) is 139 cm³/mol. The van der Waals surface area contributed by atoms with Crippen LogP contribution >= 0.6 is 7.82 Å².